The van der Waals surface area contributed by atoms with E-state index in [0.717, 1.165) is 0 Å². The zero-order chi connectivity index (χ0) is 43.0. The van der Waals surface area contributed by atoms with Crippen molar-refractivity contribution >= 4 is 7.82 Å². The number of rotatable bonds is 24. The van der Waals surface area contributed by atoms with Gasteiger partial charge in [0, 0.05) is 0 Å². The maximum absolute atomic E-state index is 12.8. The summed E-state index contributed by atoms with van der Waals surface area (Å²) in [5.41, 5.74) is 0. The van der Waals surface area contributed by atoms with Crippen LogP contribution in [0, 0.1) is 0 Å². The summed E-state index contributed by atoms with van der Waals surface area (Å²) in [5.74, 6) is 0. The zero-order valence-electron chi connectivity index (χ0n) is 21.9. The molecule has 53 heteroatoms. The predicted octanol–water partition coefficient (Wildman–Crippen LogP) is -4.66. The van der Waals surface area contributed by atoms with Crippen LogP contribution in [0.2, 0.25) is 0 Å². The van der Waals surface area contributed by atoms with Gasteiger partial charge in [0.25, 0.3) is 0 Å². The Morgan fingerprint density at radius 2 is 0.472 bits per heavy atom. The Morgan fingerprint density at radius 3 is 0.660 bits per heavy atom. The normalized spacial score (nSPS) is 15.6. The van der Waals surface area contributed by atoms with Crippen LogP contribution < -0.4 is 4.29 Å². The van der Waals surface area contributed by atoms with Crippen molar-refractivity contribution < 1.29 is 322 Å². The maximum atomic E-state index is 12.8. The standard InChI is InChI=1S/12Mo.H2N.H3O4P.2H2O.33O/c;;;;;;;;;;;;;1-5(2,3)4;;;;;;;;;;;;;;;;;;;;;;;;;;;;;;;;;;;/h;;;;;;;;;;;;1H2;(H3,1,2,3,4);2*1H2;;;;;;;;;;;;;;;;;;;;;;;;;;;;;;;;;/q;;;;;;6*+1;-1;;;;;;;;;;;;;;;;;;;;;;;;;;;;;;;;;;;;/p-5. The van der Waals surface area contributed by atoms with Gasteiger partial charge >= 0.3 is 334 Å². The van der Waals surface area contributed by atoms with Crippen molar-refractivity contribution in [1.82, 2.24) is 0 Å². The average molecular weight is 1820 g/mol. The first-order chi connectivity index (χ1) is 22.5. The molecule has 0 atom stereocenters. The van der Waals surface area contributed by atoms with Gasteiger partial charge < -0.3 is 0 Å². The van der Waals surface area contributed by atoms with Crippen molar-refractivity contribution in [2.75, 3.05) is 0 Å². The van der Waals surface area contributed by atoms with Gasteiger partial charge in [-0.2, -0.15) is 0 Å². The van der Waals surface area contributed by atoms with Crippen molar-refractivity contribution in [3.05, 3.63) is 0 Å². The molecule has 53 heavy (non-hydrogen) atoms. The Bertz CT molecular complexity index is 2510. The molecule has 320 valence electrons. The number of phosphoric acid groups is 1. The fraction of sp³-hybridized carbons (Fsp3) is 0. The predicted molar refractivity (Wildman–Crippen MR) is 45.7 cm³/mol. The van der Waals surface area contributed by atoms with Gasteiger partial charge in [-0.3, -0.25) is 0 Å². The third-order valence-electron chi connectivity index (χ3n) is 2.06. The van der Waals surface area contributed by atoms with E-state index in [1.165, 1.54) is 0 Å². The van der Waals surface area contributed by atoms with Crippen LogP contribution >= 0.6 is 7.82 Å². The average Bonchev–Trinajstić information content (AvgIpc) is 2.58. The molecule has 0 saturated carbocycles. The second-order valence-electron chi connectivity index (χ2n) is 6.31. The quantitative estimate of drug-likeness (QED) is 0.0604. The molecule has 0 amide bonds. The molecule has 0 bridgehead atoms. The van der Waals surface area contributed by atoms with Gasteiger partial charge in [-0.25, -0.2) is 0 Å². The molecular weight excluding hydrogens is 1820 g/mol. The van der Waals surface area contributed by atoms with Crippen molar-refractivity contribution in [2.24, 2.45) is 4.29 Å². The van der Waals surface area contributed by atoms with Crippen molar-refractivity contribution in [1.29, 1.82) is 0 Å². The summed E-state index contributed by atoms with van der Waals surface area (Å²) in [4.78, 5) is 0. The fourth-order valence-corrected chi connectivity index (χ4v) is 60.7. The van der Waals surface area contributed by atoms with Crippen LogP contribution in [0.25, 0.3) is 0 Å². The topological polar surface area (TPSA) is 604 Å². The van der Waals surface area contributed by atoms with E-state index in [0.29, 0.717) is 0 Å². The first-order valence-corrected chi connectivity index (χ1v) is 50.1. The van der Waals surface area contributed by atoms with Crippen molar-refractivity contribution in [3.8, 4) is 0 Å². The Hall–Kier alpha value is 3.09. The molecule has 40 nitrogen and oxygen atoms in total. The van der Waals surface area contributed by atoms with Gasteiger partial charge in [-0.05, 0) is 0 Å². The summed E-state index contributed by atoms with van der Waals surface area (Å²) in [6.45, 7) is 0. The molecule has 0 aliphatic rings. The first-order valence-electron chi connectivity index (χ1n) is 8.83. The summed E-state index contributed by atoms with van der Waals surface area (Å²) < 4.78 is 344. The minimum absolute atomic E-state index is 2.86. The first kappa shape index (κ1) is 56.1. The van der Waals surface area contributed by atoms with Crippen LogP contribution in [0.4, 0.5) is 0 Å². The number of hydrogen-bond donors (Lipinski definition) is 3. The molecule has 0 aromatic heterocycles. The van der Waals surface area contributed by atoms with E-state index in [-0.39, 0.29) is 0 Å². The summed E-state index contributed by atoms with van der Waals surface area (Å²) in [6, 6.07) is 0. The molecule has 0 aliphatic heterocycles. The summed E-state index contributed by atoms with van der Waals surface area (Å²) in [5, 5.41) is 0. The van der Waals surface area contributed by atoms with E-state index in [2.05, 4.69) is 32.2 Å². The second kappa shape index (κ2) is 18.6. The van der Waals surface area contributed by atoms with E-state index in [1.54, 1.807) is 0 Å². The molecule has 0 heterocycles. The SMILES string of the molecule is [NH2][Mo](=[O])(=[O])[O][Mo](=[O])(=[O])[O][Mo](=[O])(=[O])[O][Mo](=[O])(=[O])[O]P(=O)([O][Mo](=[O])(=[O])[O][Mo](=[O])(=[O])[O][Mo](=[O])(=[O])[O][Mo](=[O])(=[O])[OH])[O][Mo](=[O])(=[O])[O][Mo](=[O])(=[O])[O][Mo](=[O])(=[O])[O][Mo](=[O])(=[O])[OH]. The summed E-state index contributed by atoms with van der Waals surface area (Å²) in [6.07, 6.45) is 0. The van der Waals surface area contributed by atoms with Gasteiger partial charge in [-0.1, -0.05) is 0 Å². The molecule has 0 aromatic rings. The monoisotopic (exact) mass is 1850 g/mol. The van der Waals surface area contributed by atoms with Crippen LogP contribution in [-0.2, 0) is 315 Å². The Morgan fingerprint density at radius 1 is 0.302 bits per heavy atom. The molecule has 0 saturated heterocycles. The third kappa shape index (κ3) is 27.5. The molecule has 0 unspecified atom stereocenters. The van der Waals surface area contributed by atoms with Crippen LogP contribution in [0.15, 0.2) is 0 Å². The van der Waals surface area contributed by atoms with E-state index >= 15 is 0 Å². The summed E-state index contributed by atoms with van der Waals surface area (Å²) in [7, 11) is -7.89. The van der Waals surface area contributed by atoms with Gasteiger partial charge in [-0.15, -0.1) is 0 Å². The molecule has 0 spiro atoms. The fourth-order valence-electron chi connectivity index (χ4n) is 1.42. The minimum atomic E-state index is -8.78. The molecule has 4 N–H and O–H groups in total. The third-order valence-corrected chi connectivity index (χ3v) is 62.8. The van der Waals surface area contributed by atoms with Crippen LogP contribution in [0.1, 0.15) is 0 Å². The van der Waals surface area contributed by atoms with Gasteiger partial charge in [0.1, 0.15) is 0 Å². The number of nitrogens with two attached hydrogens (primary N) is 1. The van der Waals surface area contributed by atoms with Gasteiger partial charge in [0.05, 0.1) is 0 Å². The molecule has 0 rings (SSSR count). The Labute approximate surface area is 328 Å². The summed E-state index contributed by atoms with van der Waals surface area (Å²) >= 11 is -96.6. The van der Waals surface area contributed by atoms with Crippen LogP contribution in [0.5, 0.6) is 0 Å². The molecule has 0 fully saturated rings. The van der Waals surface area contributed by atoms with E-state index in [9.17, 15) is 86.1 Å². The molecule has 0 radical (unpaired) electrons. The number of hydrogen-bond acceptors (Lipinski definition) is 37. The Kier molecular flexibility index (Phi) is 19.7. The van der Waals surface area contributed by atoms with Crippen LogP contribution in [-0.4, -0.2) is 7.52 Å². The van der Waals surface area contributed by atoms with E-state index in [1.807, 2.05) is 0 Å². The Balaban J connectivity index is 7.01. The second-order valence-corrected chi connectivity index (χ2v) is 56.5. The van der Waals surface area contributed by atoms with E-state index < -0.39 is 209 Å². The molecular formula is H4Mo12NO39P. The molecule has 0 aliphatic carbocycles. The van der Waals surface area contributed by atoms with Crippen molar-refractivity contribution in [3.63, 3.8) is 0 Å². The van der Waals surface area contributed by atoms with E-state index in [4.69, 9.17) is 7.52 Å². The van der Waals surface area contributed by atoms with Crippen LogP contribution in [0.3, 0.4) is 0 Å². The van der Waals surface area contributed by atoms with Gasteiger partial charge in [0.2, 0.25) is 0 Å². The van der Waals surface area contributed by atoms with Crippen molar-refractivity contribution in [2.45, 2.75) is 0 Å². The van der Waals surface area contributed by atoms with Gasteiger partial charge in [0.15, 0.2) is 0 Å². The zero-order valence-corrected chi connectivity index (χ0v) is 46.9. The molecule has 0 aromatic carbocycles.